The van der Waals surface area contributed by atoms with Gasteiger partial charge in [-0.2, -0.15) is 0 Å². The van der Waals surface area contributed by atoms with Crippen LogP contribution in [-0.4, -0.2) is 21.1 Å². The highest BCUT2D eigenvalue weighted by atomic mass is 32.1. The van der Waals surface area contributed by atoms with E-state index in [4.69, 9.17) is 4.42 Å². The largest absolute Gasteiger partial charge is 0.403 e. The molecule has 0 saturated heterocycles. The minimum Gasteiger partial charge on any atom is -0.403 e. The quantitative estimate of drug-likeness (QED) is 0.800. The predicted octanol–water partition coefficient (Wildman–Crippen LogP) is 2.75. The molecule has 0 fully saturated rings. The third-order valence-corrected chi connectivity index (χ3v) is 3.38. The molecular formula is C13H10N4O2S. The molecule has 0 atom stereocenters. The highest BCUT2D eigenvalue weighted by Crippen LogP contribution is 2.25. The summed E-state index contributed by atoms with van der Waals surface area (Å²) in [7, 11) is 0. The van der Waals surface area contributed by atoms with Crippen molar-refractivity contribution in [2.45, 2.75) is 6.92 Å². The van der Waals surface area contributed by atoms with Gasteiger partial charge in [-0.25, -0.2) is 0 Å². The maximum absolute atomic E-state index is 11.9. The number of anilines is 1. The van der Waals surface area contributed by atoms with Crippen LogP contribution in [0.4, 0.5) is 6.01 Å². The lowest BCUT2D eigenvalue weighted by Crippen LogP contribution is -2.13. The summed E-state index contributed by atoms with van der Waals surface area (Å²) in [5.74, 6) is -0.00651. The van der Waals surface area contributed by atoms with Crippen LogP contribution in [0.15, 0.2) is 40.3 Å². The van der Waals surface area contributed by atoms with Crippen LogP contribution in [0.2, 0.25) is 0 Å². The maximum atomic E-state index is 11.9. The molecule has 0 unspecified atom stereocenters. The van der Waals surface area contributed by atoms with Gasteiger partial charge in [0, 0.05) is 22.0 Å². The Bertz CT molecular complexity index is 736. The van der Waals surface area contributed by atoms with Gasteiger partial charge in [0.2, 0.25) is 0 Å². The van der Waals surface area contributed by atoms with Gasteiger partial charge >= 0.3 is 6.01 Å². The van der Waals surface area contributed by atoms with Crippen molar-refractivity contribution >= 4 is 23.3 Å². The summed E-state index contributed by atoms with van der Waals surface area (Å²) in [6, 6.07) is 7.08. The minimum absolute atomic E-state index is 0.0551. The number of aromatic nitrogens is 3. The molecule has 3 rings (SSSR count). The van der Waals surface area contributed by atoms with Gasteiger partial charge in [-0.3, -0.25) is 15.1 Å². The first-order valence-electron chi connectivity index (χ1n) is 5.84. The number of carbonyl (C=O) groups excluding carboxylic acids is 1. The van der Waals surface area contributed by atoms with Gasteiger partial charge in [-0.15, -0.1) is 16.4 Å². The van der Waals surface area contributed by atoms with E-state index in [1.807, 2.05) is 18.4 Å². The number of carbonyl (C=O) groups is 1. The second kappa shape index (κ2) is 5.22. The topological polar surface area (TPSA) is 80.9 Å². The lowest BCUT2D eigenvalue weighted by Gasteiger charge is -1.98. The Morgan fingerprint density at radius 1 is 1.35 bits per heavy atom. The van der Waals surface area contributed by atoms with Gasteiger partial charge in [-0.1, -0.05) is 11.2 Å². The average molecular weight is 286 g/mol. The lowest BCUT2D eigenvalue weighted by atomic mass is 10.3. The zero-order chi connectivity index (χ0) is 13.9. The molecule has 0 aliphatic heterocycles. The van der Waals surface area contributed by atoms with E-state index in [0.29, 0.717) is 11.6 Å². The number of nitrogens with zero attached hydrogens (tertiary/aromatic N) is 3. The summed E-state index contributed by atoms with van der Waals surface area (Å²) in [5, 5.41) is 12.1. The van der Waals surface area contributed by atoms with Gasteiger partial charge < -0.3 is 4.42 Å². The molecule has 20 heavy (non-hydrogen) atoms. The molecule has 0 radical (unpaired) electrons. The molecule has 3 heterocycles. The van der Waals surface area contributed by atoms with Crippen LogP contribution in [0.5, 0.6) is 0 Å². The van der Waals surface area contributed by atoms with Gasteiger partial charge in [0.25, 0.3) is 11.8 Å². The number of pyridine rings is 1. The summed E-state index contributed by atoms with van der Waals surface area (Å²) in [4.78, 5) is 17.0. The third-order valence-electron chi connectivity index (χ3n) is 2.52. The Balaban J connectivity index is 1.76. The monoisotopic (exact) mass is 286 g/mol. The van der Waals surface area contributed by atoms with Crippen molar-refractivity contribution in [2.75, 3.05) is 5.32 Å². The van der Waals surface area contributed by atoms with Gasteiger partial charge in [0.1, 0.15) is 5.69 Å². The molecule has 1 N–H and O–H groups in total. The highest BCUT2D eigenvalue weighted by Gasteiger charge is 2.13. The fourth-order valence-electron chi connectivity index (χ4n) is 1.60. The van der Waals surface area contributed by atoms with E-state index in [-0.39, 0.29) is 11.9 Å². The van der Waals surface area contributed by atoms with Crippen LogP contribution in [0.25, 0.3) is 11.5 Å². The standard InChI is InChI=1S/C13H10N4O2S/c1-8-6-9(7-20-8)12-16-17-13(19-12)15-11(18)10-4-2-3-5-14-10/h2-7H,1H3,(H,15,17,18). The van der Waals surface area contributed by atoms with Crippen LogP contribution in [0.3, 0.4) is 0 Å². The summed E-state index contributed by atoms with van der Waals surface area (Å²) in [5.41, 5.74) is 1.14. The zero-order valence-electron chi connectivity index (χ0n) is 10.5. The van der Waals surface area contributed by atoms with Crippen molar-refractivity contribution in [1.82, 2.24) is 15.2 Å². The molecule has 0 spiro atoms. The highest BCUT2D eigenvalue weighted by molar-refractivity contribution is 7.10. The Labute approximate surface area is 118 Å². The number of hydrogen-bond donors (Lipinski definition) is 1. The molecule has 100 valence electrons. The SMILES string of the molecule is Cc1cc(-c2nnc(NC(=O)c3ccccn3)o2)cs1. The fraction of sp³-hybridized carbons (Fsp3) is 0.0769. The molecule has 0 saturated carbocycles. The number of aryl methyl sites for hydroxylation is 1. The van der Waals surface area contributed by atoms with E-state index in [0.717, 1.165) is 10.4 Å². The van der Waals surface area contributed by atoms with E-state index < -0.39 is 0 Å². The molecule has 7 heteroatoms. The fourth-order valence-corrected chi connectivity index (χ4v) is 2.28. The average Bonchev–Trinajstić information content (AvgIpc) is 3.09. The first-order valence-corrected chi connectivity index (χ1v) is 6.72. The van der Waals surface area contributed by atoms with Gasteiger partial charge in [0.15, 0.2) is 0 Å². The normalized spacial score (nSPS) is 10.4. The number of rotatable bonds is 3. The van der Waals surface area contributed by atoms with Gasteiger partial charge in [0.05, 0.1) is 0 Å². The van der Waals surface area contributed by atoms with Crippen molar-refractivity contribution in [3.8, 4) is 11.5 Å². The van der Waals surface area contributed by atoms with E-state index in [9.17, 15) is 4.79 Å². The third kappa shape index (κ3) is 2.57. The lowest BCUT2D eigenvalue weighted by molar-refractivity contribution is 0.101. The Morgan fingerprint density at radius 3 is 2.95 bits per heavy atom. The summed E-state index contributed by atoms with van der Waals surface area (Å²) in [6.45, 7) is 1.99. The summed E-state index contributed by atoms with van der Waals surface area (Å²) in [6.07, 6.45) is 1.54. The van der Waals surface area contributed by atoms with E-state index in [1.165, 1.54) is 0 Å². The second-order valence-electron chi connectivity index (χ2n) is 4.03. The molecule has 0 bridgehead atoms. The zero-order valence-corrected chi connectivity index (χ0v) is 11.3. The molecule has 0 aliphatic rings. The summed E-state index contributed by atoms with van der Waals surface area (Å²) < 4.78 is 5.40. The van der Waals surface area contributed by atoms with E-state index in [1.54, 1.807) is 35.7 Å². The van der Waals surface area contributed by atoms with E-state index in [2.05, 4.69) is 20.5 Å². The molecule has 3 aromatic rings. The molecule has 0 aromatic carbocycles. The summed E-state index contributed by atoms with van der Waals surface area (Å²) >= 11 is 1.59. The minimum atomic E-state index is -0.387. The Morgan fingerprint density at radius 2 is 2.25 bits per heavy atom. The van der Waals surface area contributed by atoms with E-state index >= 15 is 0 Å². The molecular weight excluding hydrogens is 276 g/mol. The molecule has 3 aromatic heterocycles. The van der Waals surface area contributed by atoms with Crippen LogP contribution in [0.1, 0.15) is 15.4 Å². The Hall–Kier alpha value is -2.54. The predicted molar refractivity (Wildman–Crippen MR) is 74.5 cm³/mol. The molecule has 1 amide bonds. The van der Waals surface area contributed by atoms with Crippen molar-refractivity contribution in [3.05, 3.63) is 46.4 Å². The number of amides is 1. The first-order chi connectivity index (χ1) is 9.72. The molecule has 6 nitrogen and oxygen atoms in total. The maximum Gasteiger partial charge on any atom is 0.322 e. The number of nitrogens with one attached hydrogen (secondary N) is 1. The second-order valence-corrected chi connectivity index (χ2v) is 5.14. The number of hydrogen-bond acceptors (Lipinski definition) is 6. The van der Waals surface area contributed by atoms with Crippen molar-refractivity contribution < 1.29 is 9.21 Å². The van der Waals surface area contributed by atoms with Gasteiger partial charge in [-0.05, 0) is 25.1 Å². The van der Waals surface area contributed by atoms with Crippen LogP contribution >= 0.6 is 11.3 Å². The molecule has 0 aliphatic carbocycles. The van der Waals surface area contributed by atoms with Crippen molar-refractivity contribution in [2.24, 2.45) is 0 Å². The number of thiophene rings is 1. The Kier molecular flexibility index (Phi) is 3.26. The van der Waals surface area contributed by atoms with Crippen LogP contribution in [-0.2, 0) is 0 Å². The first kappa shape index (κ1) is 12.5. The van der Waals surface area contributed by atoms with Crippen LogP contribution < -0.4 is 5.32 Å². The van der Waals surface area contributed by atoms with Crippen LogP contribution in [0, 0.1) is 6.92 Å². The van der Waals surface area contributed by atoms with Crippen molar-refractivity contribution in [3.63, 3.8) is 0 Å². The smallest absolute Gasteiger partial charge is 0.322 e. The van der Waals surface area contributed by atoms with Crippen molar-refractivity contribution in [1.29, 1.82) is 0 Å².